The number of fused-ring (bicyclic) bond motifs is 4. The number of carbonyl (C=O) groups excluding carboxylic acids is 3. The zero-order valence-electron chi connectivity index (χ0n) is 27.8. The molecule has 44 heavy (non-hydrogen) atoms. The van der Waals surface area contributed by atoms with Crippen molar-refractivity contribution in [3.63, 3.8) is 0 Å². The van der Waals surface area contributed by atoms with Gasteiger partial charge in [0, 0.05) is 11.1 Å². The van der Waals surface area contributed by atoms with Gasteiger partial charge < -0.3 is 29.2 Å². The van der Waals surface area contributed by atoms with Gasteiger partial charge in [-0.1, -0.05) is 72.6 Å². The number of phenols is 1. The van der Waals surface area contributed by atoms with E-state index in [-0.39, 0.29) is 11.3 Å². The molecule has 3 aliphatic rings. The molecule has 0 aliphatic carbocycles. The minimum absolute atomic E-state index is 0.0208. The maximum atomic E-state index is 13.4. The minimum Gasteiger partial charge on any atom is -0.507 e. The van der Waals surface area contributed by atoms with Gasteiger partial charge in [0.15, 0.2) is 11.2 Å². The Kier molecular flexibility index (Phi) is 9.98. The number of ether oxygens (including phenoxy) is 4. The number of benzene rings is 1. The van der Waals surface area contributed by atoms with E-state index in [1.54, 1.807) is 27.7 Å². The van der Waals surface area contributed by atoms with E-state index in [0.717, 1.165) is 25.2 Å². The first kappa shape index (κ1) is 34.1. The molecule has 2 saturated heterocycles. The molecule has 1 spiro atoms. The van der Waals surface area contributed by atoms with Gasteiger partial charge in [-0.15, -0.1) is 0 Å². The highest BCUT2D eigenvalue weighted by atomic mass is 16.8. The fraction of sp³-hybridized carbons (Fsp3) is 0.743. The number of hydrogen-bond acceptors (Lipinski definition) is 9. The summed E-state index contributed by atoms with van der Waals surface area (Å²) in [5.74, 6) is -2.85. The maximum absolute atomic E-state index is 13.4. The fourth-order valence-corrected chi connectivity index (χ4v) is 7.11. The highest BCUT2D eigenvalue weighted by Crippen LogP contribution is 2.58. The predicted molar refractivity (Wildman–Crippen MR) is 164 cm³/mol. The lowest BCUT2D eigenvalue weighted by molar-refractivity contribution is -0.331. The van der Waals surface area contributed by atoms with Crippen molar-refractivity contribution in [2.24, 2.45) is 17.8 Å². The van der Waals surface area contributed by atoms with Crippen LogP contribution in [0.15, 0.2) is 0 Å². The van der Waals surface area contributed by atoms with Crippen LogP contribution in [0.5, 0.6) is 11.5 Å². The van der Waals surface area contributed by atoms with Crippen molar-refractivity contribution in [3.05, 3.63) is 22.3 Å². The average Bonchev–Trinajstić information content (AvgIpc) is 2.98. The number of rotatable bonds is 12. The van der Waals surface area contributed by atoms with E-state index >= 15 is 0 Å². The van der Waals surface area contributed by atoms with Gasteiger partial charge in [-0.3, -0.25) is 9.59 Å². The van der Waals surface area contributed by atoms with E-state index in [9.17, 15) is 24.6 Å². The summed E-state index contributed by atoms with van der Waals surface area (Å²) in [4.78, 5) is 39.8. The molecule has 0 saturated carbocycles. The molecule has 0 aromatic heterocycles. The third kappa shape index (κ3) is 6.44. The number of aliphatic hydroxyl groups is 1. The molecule has 1 aromatic carbocycles. The van der Waals surface area contributed by atoms with E-state index < -0.39 is 53.8 Å². The monoisotopic (exact) mass is 616 g/mol. The molecule has 3 heterocycles. The smallest absolute Gasteiger partial charge is 0.342 e. The Labute approximate surface area is 262 Å². The Morgan fingerprint density at radius 2 is 1.34 bits per heavy atom. The molecule has 2 fully saturated rings. The first-order valence-electron chi connectivity index (χ1n) is 16.4. The molecule has 0 radical (unpaired) electrons. The SMILES string of the molecule is Cc1c(C)c2c(c(C)c1O)C1OC(=O)CC3(O)CC(=O)OC1(OC3=O)[C@](C)(CCC[C@H](C)CCC[C@@H](C)CCCC(C)C)O2. The van der Waals surface area contributed by atoms with Crippen molar-refractivity contribution in [2.45, 2.75) is 149 Å². The third-order valence-electron chi connectivity index (χ3n) is 10.2. The molecule has 2 bridgehead atoms. The Morgan fingerprint density at radius 3 is 1.95 bits per heavy atom. The lowest BCUT2D eigenvalue weighted by Gasteiger charge is -2.53. The third-order valence-corrected chi connectivity index (χ3v) is 10.2. The highest BCUT2D eigenvalue weighted by molar-refractivity contribution is 5.92. The van der Waals surface area contributed by atoms with Gasteiger partial charge in [-0.2, -0.15) is 0 Å². The Bertz CT molecular complexity index is 1270. The van der Waals surface area contributed by atoms with Gasteiger partial charge in [0.2, 0.25) is 6.10 Å². The summed E-state index contributed by atoms with van der Waals surface area (Å²) in [5.41, 5.74) is -2.00. The summed E-state index contributed by atoms with van der Waals surface area (Å²) < 4.78 is 24.5. The number of esters is 3. The summed E-state index contributed by atoms with van der Waals surface area (Å²) in [5, 5.41) is 22.0. The van der Waals surface area contributed by atoms with E-state index in [4.69, 9.17) is 18.9 Å². The topological polar surface area (TPSA) is 129 Å². The number of hydrogen-bond donors (Lipinski definition) is 2. The molecule has 3 aliphatic heterocycles. The van der Waals surface area contributed by atoms with Gasteiger partial charge >= 0.3 is 23.7 Å². The molecule has 4 rings (SSSR count). The number of aromatic hydroxyl groups is 1. The van der Waals surface area contributed by atoms with Crippen LogP contribution in [0.25, 0.3) is 0 Å². The predicted octanol–water partition coefficient (Wildman–Crippen LogP) is 6.81. The standard InChI is InChI=1S/C35H52O9/c1-20(2)12-9-13-21(3)14-10-15-22(4)16-11-17-33(8)35-31(28-25(7)29(38)23(5)24(6)30(28)43-33)41-26(36)18-34(40,32(39)44-35)19-27(37)42-35/h20-22,31,38,40H,9-19H2,1-8H3/t21-,22+,31?,33-,34?,35?/m0/s1. The molecule has 6 atom stereocenters. The fourth-order valence-electron chi connectivity index (χ4n) is 7.11. The quantitative estimate of drug-likeness (QED) is 0.243. The van der Waals surface area contributed by atoms with E-state index in [1.807, 2.05) is 0 Å². The second kappa shape index (κ2) is 12.9. The van der Waals surface area contributed by atoms with Crippen LogP contribution in [0, 0.1) is 38.5 Å². The second-order valence-electron chi connectivity index (χ2n) is 14.4. The first-order chi connectivity index (χ1) is 20.5. The molecule has 0 amide bonds. The van der Waals surface area contributed by atoms with Crippen molar-refractivity contribution < 1.29 is 43.5 Å². The van der Waals surface area contributed by atoms with Crippen LogP contribution >= 0.6 is 0 Å². The van der Waals surface area contributed by atoms with Crippen LogP contribution in [0.1, 0.15) is 134 Å². The molecule has 3 unspecified atom stereocenters. The van der Waals surface area contributed by atoms with Crippen molar-refractivity contribution in [3.8, 4) is 11.5 Å². The Hall–Kier alpha value is -2.81. The van der Waals surface area contributed by atoms with Gasteiger partial charge in [0.1, 0.15) is 11.5 Å². The van der Waals surface area contributed by atoms with Gasteiger partial charge in [-0.05, 0) is 69.4 Å². The Balaban J connectivity index is 1.60. The van der Waals surface area contributed by atoms with E-state index in [1.165, 1.54) is 25.7 Å². The van der Waals surface area contributed by atoms with Crippen LogP contribution in [-0.2, 0) is 28.6 Å². The van der Waals surface area contributed by atoms with Crippen molar-refractivity contribution >= 4 is 17.9 Å². The largest absolute Gasteiger partial charge is 0.507 e. The lowest BCUT2D eigenvalue weighted by atomic mass is 9.76. The van der Waals surface area contributed by atoms with Gasteiger partial charge in [0.25, 0.3) is 0 Å². The lowest BCUT2D eigenvalue weighted by Crippen LogP contribution is -2.67. The van der Waals surface area contributed by atoms with E-state index in [2.05, 4.69) is 27.7 Å². The molecule has 246 valence electrons. The van der Waals surface area contributed by atoms with E-state index in [0.29, 0.717) is 47.1 Å². The number of carbonyl (C=O) groups is 3. The average molecular weight is 617 g/mol. The van der Waals surface area contributed by atoms with Gasteiger partial charge in [-0.25, -0.2) is 4.79 Å². The molecule has 1 aromatic rings. The van der Waals surface area contributed by atoms with Crippen LogP contribution in [-0.4, -0.2) is 45.1 Å². The molecule has 9 nitrogen and oxygen atoms in total. The van der Waals surface area contributed by atoms with Crippen LogP contribution in [0.3, 0.4) is 0 Å². The summed E-state index contributed by atoms with van der Waals surface area (Å²) in [6.07, 6.45) is 6.20. The van der Waals surface area contributed by atoms with Gasteiger partial charge in [0.05, 0.1) is 12.8 Å². The maximum Gasteiger partial charge on any atom is 0.342 e. The van der Waals surface area contributed by atoms with Crippen molar-refractivity contribution in [1.82, 2.24) is 0 Å². The summed E-state index contributed by atoms with van der Waals surface area (Å²) in [6, 6.07) is 0. The summed E-state index contributed by atoms with van der Waals surface area (Å²) in [7, 11) is 0. The normalized spacial score (nSPS) is 29.3. The zero-order chi connectivity index (χ0) is 32.6. The van der Waals surface area contributed by atoms with Crippen LogP contribution in [0.4, 0.5) is 0 Å². The molecule has 2 N–H and O–H groups in total. The molecular formula is C35H52O9. The Morgan fingerprint density at radius 1 is 0.773 bits per heavy atom. The first-order valence-corrected chi connectivity index (χ1v) is 16.4. The second-order valence-corrected chi connectivity index (χ2v) is 14.4. The van der Waals surface area contributed by atoms with Crippen LogP contribution in [0.2, 0.25) is 0 Å². The summed E-state index contributed by atoms with van der Waals surface area (Å²) in [6.45, 7) is 16.0. The minimum atomic E-state index is -2.41. The molecule has 9 heteroatoms. The molecular weight excluding hydrogens is 564 g/mol. The van der Waals surface area contributed by atoms with Crippen molar-refractivity contribution in [1.29, 1.82) is 0 Å². The summed E-state index contributed by atoms with van der Waals surface area (Å²) >= 11 is 0. The van der Waals surface area contributed by atoms with Crippen LogP contribution < -0.4 is 4.74 Å². The number of phenolic OH excluding ortho intramolecular Hbond substituents is 1. The zero-order valence-corrected chi connectivity index (χ0v) is 27.8. The van der Waals surface area contributed by atoms with Crippen molar-refractivity contribution in [2.75, 3.05) is 0 Å². The highest BCUT2D eigenvalue weighted by Gasteiger charge is 2.71.